The number of hydrogen-bond donors (Lipinski definition) is 1. The molecule has 0 bridgehead atoms. The van der Waals surface area contributed by atoms with Crippen LogP contribution in [0.4, 0.5) is 0 Å². The van der Waals surface area contributed by atoms with Gasteiger partial charge in [0, 0.05) is 6.08 Å². The van der Waals surface area contributed by atoms with Gasteiger partial charge in [-0.2, -0.15) is 0 Å². The van der Waals surface area contributed by atoms with Gasteiger partial charge in [-0.05, 0) is 31.4 Å². The Morgan fingerprint density at radius 1 is 1.38 bits per heavy atom. The molecule has 0 amide bonds. The third kappa shape index (κ3) is 3.49. The highest BCUT2D eigenvalue weighted by Gasteiger charge is 2.47. The summed E-state index contributed by atoms with van der Waals surface area (Å²) in [5.74, 6) is -1.34. The molecule has 0 aromatic heterocycles. The van der Waals surface area contributed by atoms with Crippen LogP contribution in [0.25, 0.3) is 0 Å². The Balaban J connectivity index is 2.14. The zero-order chi connectivity index (χ0) is 15.3. The van der Waals surface area contributed by atoms with E-state index in [2.05, 4.69) is 0 Å². The molecule has 1 aliphatic rings. The van der Waals surface area contributed by atoms with E-state index in [-0.39, 0.29) is 13.0 Å². The van der Waals surface area contributed by atoms with Crippen LogP contribution in [-0.4, -0.2) is 35.4 Å². The molecule has 0 aliphatic carbocycles. The largest absolute Gasteiger partial charge is 0.464 e. The van der Waals surface area contributed by atoms with E-state index in [0.717, 1.165) is 5.56 Å². The van der Waals surface area contributed by atoms with Gasteiger partial charge >= 0.3 is 11.9 Å². The summed E-state index contributed by atoms with van der Waals surface area (Å²) in [6.07, 6.45) is 2.17. The smallest absolute Gasteiger partial charge is 0.342 e. The van der Waals surface area contributed by atoms with Crippen LogP contribution in [0.5, 0.6) is 0 Å². The first-order chi connectivity index (χ1) is 10.1. The maximum atomic E-state index is 12.1. The van der Waals surface area contributed by atoms with Gasteiger partial charge in [-0.3, -0.25) is 0 Å². The van der Waals surface area contributed by atoms with Crippen LogP contribution in [-0.2, 0) is 25.5 Å². The Morgan fingerprint density at radius 2 is 2.10 bits per heavy atom. The number of cyclic esters (lactones) is 1. The number of carbonyl (C=O) groups excluding carboxylic acids is 2. The highest BCUT2D eigenvalue weighted by atomic mass is 16.6. The minimum atomic E-state index is -1.87. The van der Waals surface area contributed by atoms with E-state index in [1.807, 2.05) is 30.3 Å². The minimum Gasteiger partial charge on any atom is -0.464 e. The third-order valence-corrected chi connectivity index (χ3v) is 3.39. The van der Waals surface area contributed by atoms with E-state index in [0.29, 0.717) is 6.42 Å². The molecule has 1 aromatic rings. The molecule has 2 atom stereocenters. The molecule has 1 N–H and O–H groups in total. The van der Waals surface area contributed by atoms with Gasteiger partial charge in [0.05, 0.1) is 6.61 Å². The van der Waals surface area contributed by atoms with Gasteiger partial charge in [0.1, 0.15) is 0 Å². The first kappa shape index (κ1) is 15.3. The summed E-state index contributed by atoms with van der Waals surface area (Å²) in [5.41, 5.74) is -0.886. The number of aliphatic hydroxyl groups is 1. The average Bonchev–Trinajstić information content (AvgIpc) is 2.93. The fraction of sp³-hybridized carbons (Fsp3) is 0.375. The zero-order valence-electron chi connectivity index (χ0n) is 11.8. The van der Waals surface area contributed by atoms with Crippen molar-refractivity contribution in [3.63, 3.8) is 0 Å². The molecular weight excluding hydrogens is 272 g/mol. The first-order valence-electron chi connectivity index (χ1n) is 6.88. The number of carbonyl (C=O) groups is 2. The predicted molar refractivity (Wildman–Crippen MR) is 75.4 cm³/mol. The molecule has 1 aromatic carbocycles. The molecule has 0 radical (unpaired) electrons. The number of benzene rings is 1. The number of ether oxygens (including phenoxy) is 2. The summed E-state index contributed by atoms with van der Waals surface area (Å²) < 4.78 is 9.91. The molecule has 0 fully saturated rings. The maximum Gasteiger partial charge on any atom is 0.342 e. The van der Waals surface area contributed by atoms with Crippen molar-refractivity contribution in [3.05, 3.63) is 48.0 Å². The van der Waals surface area contributed by atoms with E-state index in [1.165, 1.54) is 12.2 Å². The molecule has 21 heavy (non-hydrogen) atoms. The molecule has 112 valence electrons. The maximum absolute atomic E-state index is 12.1. The van der Waals surface area contributed by atoms with E-state index in [1.54, 1.807) is 6.92 Å². The van der Waals surface area contributed by atoms with Crippen molar-refractivity contribution >= 4 is 11.9 Å². The lowest BCUT2D eigenvalue weighted by atomic mass is 9.89. The Labute approximate surface area is 123 Å². The lowest BCUT2D eigenvalue weighted by Gasteiger charge is -2.29. The van der Waals surface area contributed by atoms with Gasteiger partial charge in [0.25, 0.3) is 0 Å². The van der Waals surface area contributed by atoms with Crippen molar-refractivity contribution in [2.24, 2.45) is 0 Å². The second kappa shape index (κ2) is 6.54. The van der Waals surface area contributed by atoms with Crippen molar-refractivity contribution in [1.82, 2.24) is 0 Å². The summed E-state index contributed by atoms with van der Waals surface area (Å²) in [6.45, 7) is 1.81. The van der Waals surface area contributed by atoms with Crippen molar-refractivity contribution in [2.45, 2.75) is 31.5 Å². The Kier molecular flexibility index (Phi) is 4.75. The van der Waals surface area contributed by atoms with Gasteiger partial charge in [-0.1, -0.05) is 30.3 Å². The van der Waals surface area contributed by atoms with Crippen LogP contribution in [0.3, 0.4) is 0 Å². The van der Waals surface area contributed by atoms with Crippen molar-refractivity contribution < 1.29 is 24.2 Å². The fourth-order valence-electron chi connectivity index (χ4n) is 2.22. The topological polar surface area (TPSA) is 72.8 Å². The highest BCUT2D eigenvalue weighted by Crippen LogP contribution is 2.27. The molecule has 0 saturated carbocycles. The quantitative estimate of drug-likeness (QED) is 0.802. The van der Waals surface area contributed by atoms with Gasteiger partial charge in [0.2, 0.25) is 5.60 Å². The fourth-order valence-corrected chi connectivity index (χ4v) is 2.22. The van der Waals surface area contributed by atoms with Crippen LogP contribution in [0.1, 0.15) is 18.9 Å². The number of rotatable bonds is 6. The van der Waals surface area contributed by atoms with Crippen LogP contribution >= 0.6 is 0 Å². The van der Waals surface area contributed by atoms with Gasteiger partial charge < -0.3 is 14.6 Å². The van der Waals surface area contributed by atoms with Crippen molar-refractivity contribution in [3.8, 4) is 0 Å². The molecule has 1 heterocycles. The van der Waals surface area contributed by atoms with E-state index < -0.39 is 23.6 Å². The summed E-state index contributed by atoms with van der Waals surface area (Å²) in [7, 11) is 0. The Hall–Kier alpha value is -2.14. The lowest BCUT2D eigenvalue weighted by molar-refractivity contribution is -0.180. The standard InChI is InChI=1S/C16H18O5/c1-2-20-15(18)16(19,13-8-9-14(17)21-13)11-10-12-6-4-3-5-7-12/h3-9,13,19H,2,10-11H2,1H3/t13-,16-/m1/s1. The summed E-state index contributed by atoms with van der Waals surface area (Å²) in [6, 6.07) is 9.47. The van der Waals surface area contributed by atoms with E-state index in [4.69, 9.17) is 9.47 Å². The molecule has 2 rings (SSSR count). The Bertz CT molecular complexity index is 537. The normalized spacial score (nSPS) is 19.9. The zero-order valence-corrected chi connectivity index (χ0v) is 11.8. The van der Waals surface area contributed by atoms with Gasteiger partial charge in [-0.15, -0.1) is 0 Å². The monoisotopic (exact) mass is 290 g/mol. The van der Waals surface area contributed by atoms with Crippen LogP contribution in [0.2, 0.25) is 0 Å². The van der Waals surface area contributed by atoms with Crippen molar-refractivity contribution in [1.29, 1.82) is 0 Å². The van der Waals surface area contributed by atoms with E-state index in [9.17, 15) is 14.7 Å². The molecular formula is C16H18O5. The third-order valence-electron chi connectivity index (χ3n) is 3.39. The SMILES string of the molecule is CCOC(=O)[C@@](O)(CCc1ccccc1)[C@H]1C=CC(=O)O1. The van der Waals surface area contributed by atoms with Crippen molar-refractivity contribution in [2.75, 3.05) is 6.61 Å². The minimum absolute atomic E-state index is 0.109. The molecule has 0 unspecified atom stereocenters. The second-order valence-electron chi connectivity index (χ2n) is 4.85. The summed E-state index contributed by atoms with van der Waals surface area (Å²) >= 11 is 0. The lowest BCUT2D eigenvalue weighted by Crippen LogP contribution is -2.50. The molecule has 0 saturated heterocycles. The average molecular weight is 290 g/mol. The molecule has 1 aliphatic heterocycles. The first-order valence-corrected chi connectivity index (χ1v) is 6.88. The number of esters is 2. The number of aryl methyl sites for hydroxylation is 1. The number of hydrogen-bond acceptors (Lipinski definition) is 5. The predicted octanol–water partition coefficient (Wildman–Crippen LogP) is 1.39. The second-order valence-corrected chi connectivity index (χ2v) is 4.85. The highest BCUT2D eigenvalue weighted by molar-refractivity contribution is 5.87. The van der Waals surface area contributed by atoms with Crippen LogP contribution in [0.15, 0.2) is 42.5 Å². The van der Waals surface area contributed by atoms with Gasteiger partial charge in [-0.25, -0.2) is 9.59 Å². The summed E-state index contributed by atoms with van der Waals surface area (Å²) in [4.78, 5) is 23.3. The molecule has 5 heteroatoms. The Morgan fingerprint density at radius 3 is 2.67 bits per heavy atom. The molecule has 5 nitrogen and oxygen atoms in total. The van der Waals surface area contributed by atoms with Gasteiger partial charge in [0.15, 0.2) is 6.10 Å². The van der Waals surface area contributed by atoms with E-state index >= 15 is 0 Å². The van der Waals surface area contributed by atoms with Crippen LogP contribution < -0.4 is 0 Å². The van der Waals surface area contributed by atoms with Crippen LogP contribution in [0, 0.1) is 0 Å². The summed E-state index contributed by atoms with van der Waals surface area (Å²) in [5, 5.41) is 10.7. The molecule has 0 spiro atoms.